The van der Waals surface area contributed by atoms with Crippen LogP contribution in [0.15, 0.2) is 24.3 Å². The molecule has 2 fully saturated rings. The summed E-state index contributed by atoms with van der Waals surface area (Å²) in [5.41, 5.74) is 2.73. The Balaban J connectivity index is 1.43. The molecule has 3 aliphatic rings. The molecule has 4 rings (SSSR count). The highest BCUT2D eigenvalue weighted by Gasteiger charge is 2.40. The summed E-state index contributed by atoms with van der Waals surface area (Å²) in [4.78, 5) is 27.5. The highest BCUT2D eigenvalue weighted by Crippen LogP contribution is 2.37. The van der Waals surface area contributed by atoms with Gasteiger partial charge in [-0.2, -0.15) is 0 Å². The van der Waals surface area contributed by atoms with E-state index in [0.29, 0.717) is 12.3 Å². The van der Waals surface area contributed by atoms with Gasteiger partial charge in [-0.15, -0.1) is 11.8 Å². The lowest BCUT2D eigenvalue weighted by atomic mass is 9.86. The molecule has 0 spiro atoms. The van der Waals surface area contributed by atoms with Crippen molar-refractivity contribution in [1.29, 1.82) is 0 Å². The third kappa shape index (κ3) is 3.00. The molecule has 0 aromatic heterocycles. The van der Waals surface area contributed by atoms with Crippen LogP contribution in [-0.4, -0.2) is 47.4 Å². The largest absolute Gasteiger partial charge is 0.331 e. The molecule has 3 atom stereocenters. The van der Waals surface area contributed by atoms with Crippen LogP contribution in [0.2, 0.25) is 0 Å². The summed E-state index contributed by atoms with van der Waals surface area (Å²) in [6.45, 7) is 1.59. The van der Waals surface area contributed by atoms with Gasteiger partial charge in [0.2, 0.25) is 5.91 Å². The molecule has 128 valence electrons. The first-order chi connectivity index (χ1) is 11.7. The summed E-state index contributed by atoms with van der Waals surface area (Å²) in [5.74, 6) is 2.38. The minimum absolute atomic E-state index is 0.127. The Morgan fingerprint density at radius 2 is 2.12 bits per heavy atom. The third-order valence-electron chi connectivity index (χ3n) is 5.67. The average Bonchev–Trinajstić information content (AvgIpc) is 3.35. The maximum absolute atomic E-state index is 12.9. The first-order valence-electron chi connectivity index (χ1n) is 8.94. The van der Waals surface area contributed by atoms with Gasteiger partial charge in [-0.1, -0.05) is 24.3 Å². The number of nitrogens with one attached hydrogen (secondary N) is 1. The van der Waals surface area contributed by atoms with Crippen LogP contribution in [0.5, 0.6) is 0 Å². The predicted octanol–water partition coefficient (Wildman–Crippen LogP) is 2.19. The number of carbonyl (C=O) groups excluding carboxylic acids is 2. The molecular weight excluding hydrogens is 320 g/mol. The Morgan fingerprint density at radius 3 is 2.96 bits per heavy atom. The van der Waals surface area contributed by atoms with Crippen LogP contribution < -0.4 is 5.32 Å². The molecule has 2 saturated heterocycles. The average molecular weight is 344 g/mol. The first kappa shape index (κ1) is 16.2. The molecule has 24 heavy (non-hydrogen) atoms. The van der Waals surface area contributed by atoms with E-state index in [0.717, 1.165) is 44.0 Å². The quantitative estimate of drug-likeness (QED) is 0.910. The van der Waals surface area contributed by atoms with Gasteiger partial charge in [-0.3, -0.25) is 9.59 Å². The van der Waals surface area contributed by atoms with Gasteiger partial charge >= 0.3 is 0 Å². The van der Waals surface area contributed by atoms with Gasteiger partial charge in [0.05, 0.1) is 11.9 Å². The molecule has 2 aliphatic heterocycles. The second kappa shape index (κ2) is 6.89. The molecule has 2 unspecified atom stereocenters. The number of fused-ring (bicyclic) bond motifs is 1. The van der Waals surface area contributed by atoms with Crippen molar-refractivity contribution < 1.29 is 9.59 Å². The maximum Gasteiger partial charge on any atom is 0.241 e. The molecule has 0 saturated carbocycles. The zero-order valence-corrected chi connectivity index (χ0v) is 14.7. The lowest BCUT2D eigenvalue weighted by Crippen LogP contribution is -2.47. The fourth-order valence-corrected chi connectivity index (χ4v) is 5.30. The van der Waals surface area contributed by atoms with E-state index < -0.39 is 0 Å². The molecule has 2 heterocycles. The first-order valence-corrected chi connectivity index (χ1v) is 10.1. The number of hydrogen-bond donors (Lipinski definition) is 1. The Hall–Kier alpha value is -1.33. The van der Waals surface area contributed by atoms with Gasteiger partial charge < -0.3 is 10.2 Å². The van der Waals surface area contributed by atoms with Crippen LogP contribution in [0, 0.1) is 5.92 Å². The smallest absolute Gasteiger partial charge is 0.241 e. The fourth-order valence-electron chi connectivity index (χ4n) is 4.35. The van der Waals surface area contributed by atoms with E-state index in [9.17, 15) is 9.59 Å². The lowest BCUT2D eigenvalue weighted by molar-refractivity contribution is -0.136. The Morgan fingerprint density at radius 1 is 1.25 bits per heavy atom. The number of ketones is 1. The highest BCUT2D eigenvalue weighted by molar-refractivity contribution is 7.99. The number of benzene rings is 1. The van der Waals surface area contributed by atoms with Crippen LogP contribution in [0.4, 0.5) is 0 Å². The maximum atomic E-state index is 12.9. The SMILES string of the molecule is O=C(CC1CCc2ccccc21)C1CCN[C@H]1C(=O)N1CCSC1. The Kier molecular flexibility index (Phi) is 4.63. The molecule has 5 heteroatoms. The summed E-state index contributed by atoms with van der Waals surface area (Å²) in [6, 6.07) is 8.18. The number of nitrogens with zero attached hydrogens (tertiary/aromatic N) is 1. The van der Waals surface area contributed by atoms with Crippen molar-refractivity contribution in [2.24, 2.45) is 5.92 Å². The van der Waals surface area contributed by atoms with Crippen molar-refractivity contribution in [2.45, 2.75) is 37.6 Å². The molecule has 0 bridgehead atoms. The number of hydrogen-bond acceptors (Lipinski definition) is 4. The van der Waals surface area contributed by atoms with Gasteiger partial charge in [0.25, 0.3) is 0 Å². The number of thioether (sulfide) groups is 1. The van der Waals surface area contributed by atoms with Crippen LogP contribution >= 0.6 is 11.8 Å². The van der Waals surface area contributed by atoms with E-state index in [1.165, 1.54) is 11.1 Å². The zero-order chi connectivity index (χ0) is 16.5. The summed E-state index contributed by atoms with van der Waals surface area (Å²) >= 11 is 1.79. The van der Waals surface area contributed by atoms with E-state index in [1.807, 2.05) is 4.90 Å². The van der Waals surface area contributed by atoms with Crippen molar-refractivity contribution >= 4 is 23.5 Å². The molecule has 1 aromatic carbocycles. The van der Waals surface area contributed by atoms with Crippen molar-refractivity contribution in [3.63, 3.8) is 0 Å². The van der Waals surface area contributed by atoms with E-state index in [1.54, 1.807) is 11.8 Å². The van der Waals surface area contributed by atoms with Crippen LogP contribution in [0.25, 0.3) is 0 Å². The Bertz CT molecular complexity index is 642. The summed E-state index contributed by atoms with van der Waals surface area (Å²) in [5, 5.41) is 3.29. The molecular formula is C19H24N2O2S. The standard InChI is InChI=1S/C19H24N2O2S/c22-17(11-14-6-5-13-3-1-2-4-15(13)14)16-7-8-20-18(16)19(23)21-9-10-24-12-21/h1-4,14,16,18,20H,5-12H2/t14?,16?,18-/m1/s1. The van der Waals surface area contributed by atoms with Crippen molar-refractivity contribution in [3.05, 3.63) is 35.4 Å². The van der Waals surface area contributed by atoms with Gasteiger partial charge in [0.1, 0.15) is 5.78 Å². The fraction of sp³-hybridized carbons (Fsp3) is 0.579. The van der Waals surface area contributed by atoms with E-state index in [4.69, 9.17) is 0 Å². The van der Waals surface area contributed by atoms with E-state index in [-0.39, 0.29) is 23.7 Å². The number of carbonyl (C=O) groups is 2. The number of amides is 1. The second-order valence-electron chi connectivity index (χ2n) is 7.07. The van der Waals surface area contributed by atoms with Gasteiger partial charge in [0, 0.05) is 24.6 Å². The number of Topliss-reactive ketones (excluding diaryl/α,β-unsaturated/α-hetero) is 1. The van der Waals surface area contributed by atoms with Crippen molar-refractivity contribution in [1.82, 2.24) is 10.2 Å². The van der Waals surface area contributed by atoms with E-state index >= 15 is 0 Å². The van der Waals surface area contributed by atoms with Gasteiger partial charge in [0.15, 0.2) is 0 Å². The molecule has 0 radical (unpaired) electrons. The topological polar surface area (TPSA) is 49.4 Å². The monoisotopic (exact) mass is 344 g/mol. The molecule has 1 aromatic rings. The number of aryl methyl sites for hydroxylation is 1. The van der Waals surface area contributed by atoms with E-state index in [2.05, 4.69) is 29.6 Å². The van der Waals surface area contributed by atoms with Crippen molar-refractivity contribution in [2.75, 3.05) is 24.7 Å². The van der Waals surface area contributed by atoms with Gasteiger partial charge in [-0.05, 0) is 42.9 Å². The zero-order valence-electron chi connectivity index (χ0n) is 13.9. The predicted molar refractivity (Wildman–Crippen MR) is 96.1 cm³/mol. The highest BCUT2D eigenvalue weighted by atomic mass is 32.2. The minimum atomic E-state index is -0.298. The third-order valence-corrected chi connectivity index (χ3v) is 6.64. The van der Waals surface area contributed by atoms with Crippen LogP contribution in [0.3, 0.4) is 0 Å². The normalized spacial score (nSPS) is 29.0. The molecule has 1 aliphatic carbocycles. The minimum Gasteiger partial charge on any atom is -0.331 e. The second-order valence-corrected chi connectivity index (χ2v) is 8.15. The molecule has 4 nitrogen and oxygen atoms in total. The lowest BCUT2D eigenvalue weighted by Gasteiger charge is -2.24. The van der Waals surface area contributed by atoms with Crippen LogP contribution in [-0.2, 0) is 16.0 Å². The van der Waals surface area contributed by atoms with Gasteiger partial charge in [-0.25, -0.2) is 0 Å². The Labute approximate surface area is 147 Å². The summed E-state index contributed by atoms with van der Waals surface area (Å²) in [6.07, 6.45) is 3.52. The summed E-state index contributed by atoms with van der Waals surface area (Å²) in [7, 11) is 0. The van der Waals surface area contributed by atoms with Crippen LogP contribution in [0.1, 0.15) is 36.3 Å². The molecule has 1 N–H and O–H groups in total. The number of rotatable bonds is 4. The molecule has 1 amide bonds. The summed E-state index contributed by atoms with van der Waals surface area (Å²) < 4.78 is 0. The van der Waals surface area contributed by atoms with Crippen molar-refractivity contribution in [3.8, 4) is 0 Å².